The Morgan fingerprint density at radius 3 is 2.08 bits per heavy atom. The van der Waals surface area contributed by atoms with Crippen molar-refractivity contribution >= 4 is 0 Å². The van der Waals surface area contributed by atoms with E-state index >= 15 is 0 Å². The number of hydrogen-bond donors (Lipinski definition) is 5. The first-order chi connectivity index (χ1) is 11.3. The number of aliphatic hydroxyl groups is 5. The van der Waals surface area contributed by atoms with Crippen LogP contribution in [0.2, 0.25) is 0 Å². The minimum atomic E-state index is -1.39. The molecule has 145 valence electrons. The molecule has 6 unspecified atom stereocenters. The molecule has 2 saturated heterocycles. The summed E-state index contributed by atoms with van der Waals surface area (Å²) in [5.41, 5.74) is 0. The molecule has 0 saturated carbocycles. The summed E-state index contributed by atoms with van der Waals surface area (Å²) in [6, 6.07) is 0. The van der Waals surface area contributed by atoms with Gasteiger partial charge < -0.3 is 51.4 Å². The molecule has 1 radical (unpaired) electrons. The minimum absolute atomic E-state index is 0. The van der Waals surface area contributed by atoms with Gasteiger partial charge in [-0.3, -0.25) is 0 Å². The Morgan fingerprint density at radius 1 is 0.960 bits per heavy atom. The molecule has 2 aliphatic rings. The molecule has 0 aromatic rings. The molecule has 0 aliphatic carbocycles. The van der Waals surface area contributed by atoms with E-state index in [9.17, 15) is 25.5 Å². The molecular weight excluding hydrogens is 413 g/mol. The van der Waals surface area contributed by atoms with Gasteiger partial charge >= 0.3 is 0 Å². The summed E-state index contributed by atoms with van der Waals surface area (Å²) in [4.78, 5) is 0. The third kappa shape index (κ3) is 4.97. The predicted molar refractivity (Wildman–Crippen MR) is 79.5 cm³/mol. The quantitative estimate of drug-likeness (QED) is 0.301. The van der Waals surface area contributed by atoms with E-state index in [0.717, 1.165) is 0 Å². The van der Waals surface area contributed by atoms with Crippen LogP contribution in [0.1, 0.15) is 13.3 Å². The molecule has 2 heterocycles. The summed E-state index contributed by atoms with van der Waals surface area (Å²) < 4.78 is 21.3. The summed E-state index contributed by atoms with van der Waals surface area (Å²) in [5.74, 6) is -0.448. The summed E-state index contributed by atoms with van der Waals surface area (Å²) in [5, 5.41) is 50.0. The second-order valence-corrected chi connectivity index (χ2v) is 6.14. The maximum absolute atomic E-state index is 10.2. The number of ether oxygens (including phenoxy) is 4. The number of rotatable bonds is 5. The zero-order chi connectivity index (χ0) is 18.0. The van der Waals surface area contributed by atoms with E-state index in [2.05, 4.69) is 6.92 Å². The van der Waals surface area contributed by atoms with E-state index < -0.39 is 61.2 Å². The summed E-state index contributed by atoms with van der Waals surface area (Å²) in [7, 11) is 1.32. The van der Waals surface area contributed by atoms with Crippen molar-refractivity contribution in [2.45, 2.75) is 68.7 Å². The molecular formula is C15H27O9Y-. The first-order valence-corrected chi connectivity index (χ1v) is 8.01. The first kappa shape index (κ1) is 23.8. The van der Waals surface area contributed by atoms with Crippen molar-refractivity contribution in [3.05, 3.63) is 6.92 Å². The van der Waals surface area contributed by atoms with Crippen LogP contribution in [0.15, 0.2) is 0 Å². The van der Waals surface area contributed by atoms with Crippen LogP contribution in [0.4, 0.5) is 0 Å². The molecule has 2 aliphatic heterocycles. The van der Waals surface area contributed by atoms with Crippen molar-refractivity contribution in [1.29, 1.82) is 0 Å². The second kappa shape index (κ2) is 10.3. The Morgan fingerprint density at radius 2 is 1.56 bits per heavy atom. The molecule has 10 atom stereocenters. The normalized spacial score (nSPS) is 48.0. The second-order valence-electron chi connectivity index (χ2n) is 6.14. The van der Waals surface area contributed by atoms with Crippen LogP contribution >= 0.6 is 0 Å². The Bertz CT molecular complexity index is 399. The van der Waals surface area contributed by atoms with Gasteiger partial charge in [0.25, 0.3) is 0 Å². The smallest absolute Gasteiger partial charge is 0.186 e. The summed E-state index contributed by atoms with van der Waals surface area (Å²) in [6.07, 6.45) is -9.91. The monoisotopic (exact) mass is 440 g/mol. The van der Waals surface area contributed by atoms with Crippen molar-refractivity contribution in [3.63, 3.8) is 0 Å². The third-order valence-electron chi connectivity index (χ3n) is 4.67. The van der Waals surface area contributed by atoms with Crippen LogP contribution in [0.25, 0.3) is 0 Å². The van der Waals surface area contributed by atoms with Gasteiger partial charge in [-0.1, -0.05) is 6.92 Å². The van der Waals surface area contributed by atoms with Crippen molar-refractivity contribution in [2.24, 2.45) is 5.92 Å². The van der Waals surface area contributed by atoms with Gasteiger partial charge in [0.1, 0.15) is 18.3 Å². The van der Waals surface area contributed by atoms with Gasteiger partial charge in [0.15, 0.2) is 12.6 Å². The third-order valence-corrected chi connectivity index (χ3v) is 4.67. The van der Waals surface area contributed by atoms with Crippen molar-refractivity contribution < 1.29 is 77.2 Å². The Hall–Kier alpha value is 0.744. The molecule has 0 spiro atoms. The minimum Gasteiger partial charge on any atom is -0.394 e. The van der Waals surface area contributed by atoms with Crippen LogP contribution in [-0.2, 0) is 51.7 Å². The summed E-state index contributed by atoms with van der Waals surface area (Å²) >= 11 is 0. The largest absolute Gasteiger partial charge is 0.394 e. The molecule has 25 heavy (non-hydrogen) atoms. The first-order valence-electron chi connectivity index (χ1n) is 8.01. The zero-order valence-corrected chi connectivity index (χ0v) is 17.2. The van der Waals surface area contributed by atoms with Crippen LogP contribution in [0, 0.1) is 12.8 Å². The van der Waals surface area contributed by atoms with E-state index in [1.165, 1.54) is 7.11 Å². The van der Waals surface area contributed by atoms with E-state index in [0.29, 0.717) is 6.42 Å². The average Bonchev–Trinajstić information content (AvgIpc) is 2.58. The van der Waals surface area contributed by atoms with Gasteiger partial charge in [-0.2, -0.15) is 0 Å². The Labute approximate surface area is 172 Å². The van der Waals surface area contributed by atoms with Gasteiger partial charge in [0.05, 0.1) is 24.9 Å². The van der Waals surface area contributed by atoms with Crippen LogP contribution in [-0.4, -0.2) is 94.6 Å². The van der Waals surface area contributed by atoms with E-state index in [-0.39, 0.29) is 39.3 Å². The van der Waals surface area contributed by atoms with Gasteiger partial charge in [0.2, 0.25) is 0 Å². The fourth-order valence-corrected chi connectivity index (χ4v) is 3.21. The Kier molecular flexibility index (Phi) is 9.83. The molecule has 0 bridgehead atoms. The average molecular weight is 440 g/mol. The number of methoxy groups -OCH3 is 1. The fraction of sp³-hybridized carbons (Fsp3) is 0.933. The topological polar surface area (TPSA) is 138 Å². The zero-order valence-electron chi connectivity index (χ0n) is 14.3. The van der Waals surface area contributed by atoms with Gasteiger partial charge in [0, 0.05) is 45.7 Å². The van der Waals surface area contributed by atoms with Gasteiger partial charge in [-0.25, -0.2) is 0 Å². The fourth-order valence-electron chi connectivity index (χ4n) is 3.21. The van der Waals surface area contributed by atoms with E-state index in [1.54, 1.807) is 6.92 Å². The summed E-state index contributed by atoms with van der Waals surface area (Å²) in [6.45, 7) is 5.15. The molecule has 5 N–H and O–H groups in total. The molecule has 10 heteroatoms. The predicted octanol–water partition coefficient (Wildman–Crippen LogP) is -2.24. The van der Waals surface area contributed by atoms with Gasteiger partial charge in [-0.15, -0.1) is 0 Å². The molecule has 2 fully saturated rings. The molecule has 9 nitrogen and oxygen atoms in total. The van der Waals surface area contributed by atoms with E-state index in [1.807, 2.05) is 0 Å². The van der Waals surface area contributed by atoms with E-state index in [4.69, 9.17) is 18.9 Å². The van der Waals surface area contributed by atoms with Crippen molar-refractivity contribution in [3.8, 4) is 0 Å². The molecule has 0 amide bonds. The number of aliphatic hydroxyl groups excluding tert-OH is 5. The van der Waals surface area contributed by atoms with Crippen LogP contribution in [0.5, 0.6) is 0 Å². The van der Waals surface area contributed by atoms with Crippen LogP contribution < -0.4 is 0 Å². The Balaban J connectivity index is 0.00000312. The number of hydrogen-bond acceptors (Lipinski definition) is 9. The molecule has 0 aromatic carbocycles. The standard InChI is InChI=1S/C15H27O9.Y/c1-4-7-8(5-16)23-15(11(19)9(7)17)24-13-6(2)22-14(21-3)12(20)10(13)18;/h6-20H,2,4-5H2,1,3H3;/q-1;/t6?,7?,8?,9-,10+,11?,12?,13?,14-,15+;/m0./s1. The van der Waals surface area contributed by atoms with Crippen molar-refractivity contribution in [1.82, 2.24) is 0 Å². The maximum Gasteiger partial charge on any atom is 0.186 e. The maximum atomic E-state index is 10.2. The van der Waals surface area contributed by atoms with Gasteiger partial charge in [-0.05, 0) is 12.5 Å². The molecule has 0 aromatic heterocycles. The molecule has 2 rings (SSSR count). The van der Waals surface area contributed by atoms with Crippen LogP contribution in [0.3, 0.4) is 0 Å². The van der Waals surface area contributed by atoms with Crippen molar-refractivity contribution in [2.75, 3.05) is 13.7 Å². The SMILES string of the molecule is [CH2-]C1O[C@H](OC)C(O)[C@@H](O)C1O[C@H]1OC(CO)C(CC)[C@H](O)C1O.[Y].